The van der Waals surface area contributed by atoms with Crippen LogP contribution in [0.25, 0.3) is 0 Å². The van der Waals surface area contributed by atoms with Gasteiger partial charge < -0.3 is 19.4 Å². The number of quaternary nitrogens is 1. The van der Waals surface area contributed by atoms with Crippen LogP contribution in [0, 0.1) is 0 Å². The van der Waals surface area contributed by atoms with E-state index in [1.807, 2.05) is 33.3 Å². The van der Waals surface area contributed by atoms with Crippen LogP contribution < -0.4 is 5.32 Å². The van der Waals surface area contributed by atoms with Crippen molar-refractivity contribution in [2.24, 2.45) is 0 Å². The van der Waals surface area contributed by atoms with Gasteiger partial charge in [0.05, 0.1) is 33.8 Å². The van der Waals surface area contributed by atoms with Crippen molar-refractivity contribution < 1.29 is 37.3 Å². The SMILES string of the molecule is CC/C=C/C/C=C/C/C=C/CCCCCCC(=O)NC(COP(=O)(O)OCC[N+](C)(C)C)C(/C=C\CCCCCCCCCCCCC)OC(=O)CCCCCCCCCCCCCCC/C=C/CCCCCCCC. The summed E-state index contributed by atoms with van der Waals surface area (Å²) in [5.41, 5.74) is 0. The molecule has 10 heteroatoms. The Bertz CT molecular complexity index is 1490. The summed E-state index contributed by atoms with van der Waals surface area (Å²) in [5, 5.41) is 3.05. The van der Waals surface area contributed by atoms with E-state index < -0.39 is 20.0 Å². The maximum absolute atomic E-state index is 13.5. The monoisotopic (exact) mass is 1090 g/mol. The molecule has 0 aliphatic carbocycles. The zero-order chi connectivity index (χ0) is 55.7. The van der Waals surface area contributed by atoms with Crippen molar-refractivity contribution in [3.05, 3.63) is 60.8 Å². The van der Waals surface area contributed by atoms with Crippen molar-refractivity contribution in [3.63, 3.8) is 0 Å². The van der Waals surface area contributed by atoms with E-state index in [4.69, 9.17) is 13.8 Å². The molecule has 0 bridgehead atoms. The molecule has 0 spiro atoms. The number of hydrogen-bond donors (Lipinski definition) is 2. The molecule has 2 N–H and O–H groups in total. The standard InChI is InChI=1S/C66H123N2O7P/c1-7-10-13-16-19-22-25-28-30-31-32-33-34-35-36-37-38-41-44-47-50-53-56-59-66(70)75-64(57-54-51-48-45-42-39-27-24-21-18-15-12-9-3)63(62-74-76(71,72)73-61-60-68(4,5)6)67-65(69)58-55-52-49-46-43-40-29-26-23-20-17-14-11-8-2/h11,14,20,23,28-30,40,54,57,63-64H,7-10,12-13,15-19,21-22,24-27,31-39,41-53,55-56,58-62H2,1-6H3,(H-,67,69,71,72)/p+1/b14-11+,23-20+,30-28+,40-29+,57-54-. The summed E-state index contributed by atoms with van der Waals surface area (Å²) < 4.78 is 30.7. The summed E-state index contributed by atoms with van der Waals surface area (Å²) in [5.74, 6) is -0.524. The van der Waals surface area contributed by atoms with Crippen LogP contribution in [0.2, 0.25) is 0 Å². The topological polar surface area (TPSA) is 111 Å². The summed E-state index contributed by atoms with van der Waals surface area (Å²) in [6.45, 7) is 6.90. The van der Waals surface area contributed by atoms with E-state index in [0.717, 1.165) is 89.9 Å². The van der Waals surface area contributed by atoms with Crippen LogP contribution >= 0.6 is 7.82 Å². The summed E-state index contributed by atoms with van der Waals surface area (Å²) >= 11 is 0. The van der Waals surface area contributed by atoms with Crippen LogP contribution in [-0.4, -0.2) is 74.3 Å². The smallest absolute Gasteiger partial charge is 0.456 e. The van der Waals surface area contributed by atoms with Crippen LogP contribution in [0.15, 0.2) is 60.8 Å². The van der Waals surface area contributed by atoms with Gasteiger partial charge in [0.2, 0.25) is 5.91 Å². The van der Waals surface area contributed by atoms with E-state index in [9.17, 15) is 19.0 Å². The minimum Gasteiger partial charge on any atom is -0.456 e. The van der Waals surface area contributed by atoms with E-state index >= 15 is 0 Å². The molecule has 0 rings (SSSR count). The second-order valence-corrected chi connectivity index (χ2v) is 24.4. The predicted octanol–water partition coefficient (Wildman–Crippen LogP) is 19.8. The minimum absolute atomic E-state index is 0.0351. The molecule has 0 heterocycles. The average molecular weight is 1090 g/mol. The Morgan fingerprint density at radius 3 is 1.28 bits per heavy atom. The van der Waals surface area contributed by atoms with Gasteiger partial charge >= 0.3 is 13.8 Å². The first-order valence-corrected chi connectivity index (χ1v) is 33.6. The molecule has 0 saturated carbocycles. The predicted molar refractivity (Wildman–Crippen MR) is 328 cm³/mol. The molecular weight excluding hydrogens is 964 g/mol. The molecule has 0 saturated heterocycles. The lowest BCUT2D eigenvalue weighted by atomic mass is 10.0. The molecule has 0 fully saturated rings. The number of unbranched alkanes of at least 4 members (excludes halogenated alkanes) is 34. The quantitative estimate of drug-likeness (QED) is 0.0205. The van der Waals surface area contributed by atoms with E-state index in [1.54, 1.807) is 0 Å². The van der Waals surface area contributed by atoms with Gasteiger partial charge in [-0.05, 0) is 89.5 Å². The number of allylic oxidation sites excluding steroid dienone is 9. The van der Waals surface area contributed by atoms with Crippen molar-refractivity contribution in [3.8, 4) is 0 Å². The third kappa shape index (κ3) is 56.4. The van der Waals surface area contributed by atoms with Crippen LogP contribution in [-0.2, 0) is 27.9 Å². The molecule has 3 unspecified atom stereocenters. The fraction of sp³-hybridized carbons (Fsp3) is 0.818. The largest absolute Gasteiger partial charge is 0.472 e. The molecule has 0 aromatic heterocycles. The molecule has 3 atom stereocenters. The number of ether oxygens (including phenoxy) is 1. The first kappa shape index (κ1) is 73.7. The number of carbonyl (C=O) groups is 2. The lowest BCUT2D eigenvalue weighted by molar-refractivity contribution is -0.870. The van der Waals surface area contributed by atoms with Gasteiger partial charge in [-0.2, -0.15) is 0 Å². The second-order valence-electron chi connectivity index (χ2n) is 22.9. The van der Waals surface area contributed by atoms with Crippen molar-refractivity contribution in [2.75, 3.05) is 40.9 Å². The van der Waals surface area contributed by atoms with Crippen LogP contribution in [0.3, 0.4) is 0 Å². The molecule has 0 aromatic rings. The Morgan fingerprint density at radius 2 is 0.842 bits per heavy atom. The number of rotatable bonds is 58. The van der Waals surface area contributed by atoms with Gasteiger partial charge in [0.25, 0.3) is 0 Å². The lowest BCUT2D eigenvalue weighted by Gasteiger charge is -2.27. The number of amides is 1. The van der Waals surface area contributed by atoms with Crippen molar-refractivity contribution in [1.82, 2.24) is 5.32 Å². The molecule has 1 amide bonds. The Kier molecular flexibility index (Phi) is 54.3. The van der Waals surface area contributed by atoms with Gasteiger partial charge in [-0.15, -0.1) is 0 Å². The Hall–Kier alpha value is -2.29. The first-order chi connectivity index (χ1) is 36.9. The Labute approximate surface area is 471 Å². The van der Waals surface area contributed by atoms with Gasteiger partial charge in [0, 0.05) is 12.8 Å². The number of esters is 1. The van der Waals surface area contributed by atoms with Crippen molar-refractivity contribution >= 4 is 19.7 Å². The summed E-state index contributed by atoms with van der Waals surface area (Å²) in [6, 6.07) is -0.860. The third-order valence-electron chi connectivity index (χ3n) is 14.2. The number of carbonyl (C=O) groups excluding carboxylic acids is 2. The fourth-order valence-electron chi connectivity index (χ4n) is 9.24. The molecule has 0 aromatic carbocycles. The number of nitrogens with zero attached hydrogens (tertiary/aromatic N) is 1. The Balaban J connectivity index is 5.18. The Morgan fingerprint density at radius 1 is 0.474 bits per heavy atom. The van der Waals surface area contributed by atoms with Gasteiger partial charge in [-0.25, -0.2) is 4.57 Å². The minimum atomic E-state index is -4.45. The van der Waals surface area contributed by atoms with E-state index in [2.05, 4.69) is 74.7 Å². The van der Waals surface area contributed by atoms with Crippen molar-refractivity contribution in [2.45, 2.75) is 309 Å². The number of nitrogens with one attached hydrogen (secondary N) is 1. The average Bonchev–Trinajstić information content (AvgIpc) is 3.38. The number of likely N-dealkylation sites (N-methyl/N-ethyl adjacent to an activating group) is 1. The van der Waals surface area contributed by atoms with Gasteiger partial charge in [0.1, 0.15) is 19.3 Å². The summed E-state index contributed by atoms with van der Waals surface area (Å²) in [6.07, 6.45) is 70.8. The maximum Gasteiger partial charge on any atom is 0.472 e. The maximum atomic E-state index is 13.5. The first-order valence-electron chi connectivity index (χ1n) is 32.1. The highest BCUT2D eigenvalue weighted by Crippen LogP contribution is 2.43. The van der Waals surface area contributed by atoms with Crippen LogP contribution in [0.5, 0.6) is 0 Å². The lowest BCUT2D eigenvalue weighted by Crippen LogP contribution is -2.47. The molecular formula is C66H124N2O7P+. The zero-order valence-electron chi connectivity index (χ0n) is 50.7. The highest BCUT2D eigenvalue weighted by Gasteiger charge is 2.30. The molecule has 9 nitrogen and oxygen atoms in total. The van der Waals surface area contributed by atoms with E-state index in [1.165, 1.54) is 173 Å². The molecule has 0 aliphatic heterocycles. The number of phosphoric acid groups is 1. The zero-order valence-corrected chi connectivity index (χ0v) is 51.6. The van der Waals surface area contributed by atoms with Crippen LogP contribution in [0.4, 0.5) is 0 Å². The van der Waals surface area contributed by atoms with Gasteiger partial charge in [-0.3, -0.25) is 18.6 Å². The van der Waals surface area contributed by atoms with Gasteiger partial charge in [0.15, 0.2) is 0 Å². The molecule has 444 valence electrons. The molecule has 76 heavy (non-hydrogen) atoms. The van der Waals surface area contributed by atoms with E-state index in [-0.39, 0.29) is 31.5 Å². The summed E-state index contributed by atoms with van der Waals surface area (Å²) in [7, 11) is 1.48. The fourth-order valence-corrected chi connectivity index (χ4v) is 9.98. The van der Waals surface area contributed by atoms with Gasteiger partial charge in [-0.1, -0.05) is 255 Å². The molecule has 0 radical (unpaired) electrons. The normalized spacial score (nSPS) is 14.0. The number of hydrogen-bond acceptors (Lipinski definition) is 6. The molecule has 0 aliphatic rings. The second kappa shape index (κ2) is 56.0. The highest BCUT2D eigenvalue weighted by atomic mass is 31.2. The number of phosphoric ester groups is 1. The highest BCUT2D eigenvalue weighted by molar-refractivity contribution is 7.47. The third-order valence-corrected chi connectivity index (χ3v) is 15.2. The van der Waals surface area contributed by atoms with E-state index in [0.29, 0.717) is 17.4 Å². The van der Waals surface area contributed by atoms with Crippen molar-refractivity contribution in [1.29, 1.82) is 0 Å². The van der Waals surface area contributed by atoms with Crippen LogP contribution in [0.1, 0.15) is 297 Å². The summed E-state index contributed by atoms with van der Waals surface area (Å²) in [4.78, 5) is 37.7.